The molecule has 10 heteroatoms. The van der Waals surface area contributed by atoms with Crippen molar-refractivity contribution in [3.63, 3.8) is 0 Å². The summed E-state index contributed by atoms with van der Waals surface area (Å²) >= 11 is 0. The predicted octanol–water partition coefficient (Wildman–Crippen LogP) is 2.63. The maximum atomic E-state index is 13.3. The molecule has 0 aliphatic heterocycles. The number of rotatable bonds is 7. The highest BCUT2D eigenvalue weighted by Crippen LogP contribution is 2.30. The Morgan fingerprint density at radius 3 is 2.22 bits per heavy atom. The summed E-state index contributed by atoms with van der Waals surface area (Å²) in [6, 6.07) is 6.76. The maximum Gasteiger partial charge on any atom is 0.262 e. The second-order valence-electron chi connectivity index (χ2n) is 6.15. The number of nitrogens with one attached hydrogen (secondary N) is 2. The predicted molar refractivity (Wildman–Crippen MR) is 100 cm³/mol. The maximum absolute atomic E-state index is 13.3. The van der Waals surface area contributed by atoms with Gasteiger partial charge in [0.25, 0.3) is 10.0 Å². The number of ether oxygens (including phenoxy) is 1. The highest BCUT2D eigenvalue weighted by molar-refractivity contribution is 7.92. The lowest BCUT2D eigenvalue weighted by atomic mass is 10.2. The quantitative estimate of drug-likeness (QED) is 0.723. The summed E-state index contributed by atoms with van der Waals surface area (Å²) in [5.74, 6) is -0.418. The third-order valence-corrected chi connectivity index (χ3v) is 6.72. The van der Waals surface area contributed by atoms with E-state index in [1.807, 2.05) is 0 Å². The van der Waals surface area contributed by atoms with E-state index in [4.69, 9.17) is 4.74 Å². The second-order valence-corrected chi connectivity index (χ2v) is 9.52. The fraction of sp³-hybridized carbons (Fsp3) is 0.294. The van der Waals surface area contributed by atoms with E-state index in [0.29, 0.717) is 0 Å². The van der Waals surface area contributed by atoms with Gasteiger partial charge in [-0.15, -0.1) is 0 Å². The van der Waals surface area contributed by atoms with Gasteiger partial charge in [0.15, 0.2) is 0 Å². The van der Waals surface area contributed by atoms with Gasteiger partial charge in [-0.1, -0.05) is 0 Å². The minimum absolute atomic E-state index is 0.0483. The first-order chi connectivity index (χ1) is 12.5. The molecule has 2 N–H and O–H groups in total. The van der Waals surface area contributed by atoms with Gasteiger partial charge in [0.05, 0.1) is 22.6 Å². The molecule has 0 fully saturated rings. The van der Waals surface area contributed by atoms with Crippen molar-refractivity contribution >= 4 is 25.7 Å². The first-order valence-electron chi connectivity index (χ1n) is 7.95. The molecule has 0 saturated heterocycles. The fourth-order valence-corrected chi connectivity index (χ4v) is 4.99. The zero-order valence-electron chi connectivity index (χ0n) is 15.3. The van der Waals surface area contributed by atoms with Gasteiger partial charge >= 0.3 is 0 Å². The van der Waals surface area contributed by atoms with Crippen LogP contribution in [0.15, 0.2) is 46.2 Å². The molecule has 0 bridgehead atoms. The van der Waals surface area contributed by atoms with Crippen LogP contribution in [-0.2, 0) is 20.0 Å². The topological polar surface area (TPSA) is 102 Å². The summed E-state index contributed by atoms with van der Waals surface area (Å²) in [5.41, 5.74) is 0.166. The molecule has 0 heterocycles. The van der Waals surface area contributed by atoms with Crippen molar-refractivity contribution in [2.75, 3.05) is 11.8 Å². The molecule has 0 aliphatic carbocycles. The van der Waals surface area contributed by atoms with E-state index in [-0.39, 0.29) is 32.8 Å². The molecular weight excluding hydrogens is 395 g/mol. The van der Waals surface area contributed by atoms with E-state index in [9.17, 15) is 21.2 Å². The monoisotopic (exact) mass is 416 g/mol. The van der Waals surface area contributed by atoms with Gasteiger partial charge in [-0.25, -0.2) is 25.9 Å². The summed E-state index contributed by atoms with van der Waals surface area (Å²) in [4.78, 5) is -0.245. The Morgan fingerprint density at radius 1 is 1.00 bits per heavy atom. The van der Waals surface area contributed by atoms with Crippen LogP contribution in [0.3, 0.4) is 0 Å². The molecule has 0 saturated carbocycles. The van der Waals surface area contributed by atoms with Gasteiger partial charge in [0.2, 0.25) is 10.0 Å². The second kappa shape index (κ2) is 7.83. The molecule has 0 aromatic heterocycles. The molecule has 2 rings (SSSR count). The van der Waals surface area contributed by atoms with E-state index in [2.05, 4.69) is 9.44 Å². The molecule has 148 valence electrons. The Hall–Kier alpha value is -2.17. The lowest BCUT2D eigenvalue weighted by molar-refractivity contribution is 0.416. The highest BCUT2D eigenvalue weighted by atomic mass is 32.2. The third kappa shape index (κ3) is 4.96. The molecule has 0 amide bonds. The first kappa shape index (κ1) is 21.1. The SMILES string of the molecule is COc1ccc(S(=O)(=O)NC(C)C)cc1NS(=O)(=O)c1ccc(F)cc1C. The molecule has 2 aromatic rings. The minimum atomic E-state index is -4.09. The van der Waals surface area contributed by atoms with Gasteiger partial charge in [0, 0.05) is 6.04 Å². The van der Waals surface area contributed by atoms with Gasteiger partial charge in [-0.05, 0) is 62.7 Å². The van der Waals surface area contributed by atoms with Crippen molar-refractivity contribution in [2.45, 2.75) is 36.6 Å². The van der Waals surface area contributed by atoms with Crippen LogP contribution in [-0.4, -0.2) is 30.0 Å². The highest BCUT2D eigenvalue weighted by Gasteiger charge is 2.22. The van der Waals surface area contributed by atoms with Crippen molar-refractivity contribution in [1.29, 1.82) is 0 Å². The number of benzene rings is 2. The van der Waals surface area contributed by atoms with Crippen LogP contribution in [0, 0.1) is 12.7 Å². The van der Waals surface area contributed by atoms with Crippen LogP contribution in [0.5, 0.6) is 5.75 Å². The lowest BCUT2D eigenvalue weighted by Crippen LogP contribution is -2.30. The van der Waals surface area contributed by atoms with Crippen LogP contribution in [0.2, 0.25) is 0 Å². The number of aryl methyl sites for hydroxylation is 1. The largest absolute Gasteiger partial charge is 0.495 e. The van der Waals surface area contributed by atoms with Gasteiger partial charge in [-0.2, -0.15) is 0 Å². The summed E-state index contributed by atoms with van der Waals surface area (Å²) in [5, 5.41) is 0. The Balaban J connectivity index is 2.49. The zero-order chi connectivity index (χ0) is 20.4. The number of anilines is 1. The number of sulfonamides is 2. The third-order valence-electron chi connectivity index (χ3n) is 3.54. The summed E-state index contributed by atoms with van der Waals surface area (Å²) in [7, 11) is -6.59. The summed E-state index contributed by atoms with van der Waals surface area (Å²) in [6.45, 7) is 4.80. The van der Waals surface area contributed by atoms with E-state index in [1.54, 1.807) is 13.8 Å². The minimum Gasteiger partial charge on any atom is -0.495 e. The summed E-state index contributed by atoms with van der Waals surface area (Å²) in [6.07, 6.45) is 0. The normalized spacial score (nSPS) is 12.2. The molecule has 0 spiro atoms. The first-order valence-corrected chi connectivity index (χ1v) is 10.9. The van der Waals surface area contributed by atoms with Gasteiger partial charge in [0.1, 0.15) is 11.6 Å². The van der Waals surface area contributed by atoms with Crippen LogP contribution >= 0.6 is 0 Å². The van der Waals surface area contributed by atoms with E-state index < -0.39 is 25.9 Å². The number of hydrogen-bond donors (Lipinski definition) is 2. The van der Waals surface area contributed by atoms with E-state index in [0.717, 1.165) is 18.2 Å². The molecule has 0 unspecified atom stereocenters. The van der Waals surface area contributed by atoms with Crippen LogP contribution in [0.1, 0.15) is 19.4 Å². The molecule has 0 aliphatic rings. The molecule has 7 nitrogen and oxygen atoms in total. The van der Waals surface area contributed by atoms with Crippen molar-refractivity contribution in [3.05, 3.63) is 47.8 Å². The molecule has 27 heavy (non-hydrogen) atoms. The average Bonchev–Trinajstić information content (AvgIpc) is 2.52. The fourth-order valence-electron chi connectivity index (χ4n) is 2.43. The Labute approximate surface area is 158 Å². The van der Waals surface area contributed by atoms with Gasteiger partial charge < -0.3 is 4.74 Å². The van der Waals surface area contributed by atoms with Crippen LogP contribution in [0.25, 0.3) is 0 Å². The van der Waals surface area contributed by atoms with E-state index in [1.165, 1.54) is 32.2 Å². The molecular formula is C17H21FN2O5S2. The lowest BCUT2D eigenvalue weighted by Gasteiger charge is -2.15. The van der Waals surface area contributed by atoms with Crippen LogP contribution < -0.4 is 14.2 Å². The van der Waals surface area contributed by atoms with Crippen LogP contribution in [0.4, 0.5) is 10.1 Å². The van der Waals surface area contributed by atoms with Crippen molar-refractivity contribution in [1.82, 2.24) is 4.72 Å². The zero-order valence-corrected chi connectivity index (χ0v) is 16.9. The number of hydrogen-bond acceptors (Lipinski definition) is 5. The molecule has 0 atom stereocenters. The van der Waals surface area contributed by atoms with Crippen molar-refractivity contribution in [3.8, 4) is 5.75 Å². The van der Waals surface area contributed by atoms with Gasteiger partial charge in [-0.3, -0.25) is 4.72 Å². The average molecular weight is 416 g/mol. The Morgan fingerprint density at radius 2 is 1.67 bits per heavy atom. The summed E-state index contributed by atoms with van der Waals surface area (Å²) < 4.78 is 73.2. The molecule has 2 aromatic carbocycles. The molecule has 0 radical (unpaired) electrons. The smallest absolute Gasteiger partial charge is 0.262 e. The Kier molecular flexibility index (Phi) is 6.13. The number of halogens is 1. The van der Waals surface area contributed by atoms with Crippen molar-refractivity contribution in [2.24, 2.45) is 0 Å². The van der Waals surface area contributed by atoms with E-state index >= 15 is 0 Å². The van der Waals surface area contributed by atoms with Crippen molar-refractivity contribution < 1.29 is 26.0 Å². The number of methoxy groups -OCH3 is 1. The Bertz CT molecular complexity index is 1050. The standard InChI is InChI=1S/C17H21FN2O5S2/c1-11(2)19-26(21,22)14-6-7-16(25-4)15(10-14)20-27(23,24)17-8-5-13(18)9-12(17)3/h5-11,19-20H,1-4H3.